The summed E-state index contributed by atoms with van der Waals surface area (Å²) in [4.78, 5) is 2.38. The smallest absolute Gasteiger partial charge is 0.0635 e. The molecule has 0 unspecified atom stereocenters. The predicted octanol–water partition coefficient (Wildman–Crippen LogP) is 16.1. The van der Waals surface area contributed by atoms with Gasteiger partial charge in [0, 0.05) is 50.8 Å². The molecule has 0 radical (unpaired) electrons. The zero-order valence-electron chi connectivity index (χ0n) is 35.9. The largest absolute Gasteiger partial charge is 0.316 e. The Labute approximate surface area is 359 Å². The Morgan fingerprint density at radius 1 is 0.361 bits per heavy atom. The van der Waals surface area contributed by atoms with Gasteiger partial charge in [-0.1, -0.05) is 151 Å². The Morgan fingerprint density at radius 3 is 1.38 bits per heavy atom. The molecule has 0 fully saturated rings. The van der Waals surface area contributed by atoms with Gasteiger partial charge in [0.2, 0.25) is 0 Å². The maximum absolute atomic E-state index is 2.46. The third kappa shape index (κ3) is 7.00. The van der Waals surface area contributed by atoms with Gasteiger partial charge in [-0.15, -0.1) is 0 Å². The van der Waals surface area contributed by atoms with Crippen LogP contribution < -0.4 is 4.90 Å². The van der Waals surface area contributed by atoms with Gasteiger partial charge in [0.1, 0.15) is 0 Å². The molecular formula is C58H51N3. The number of fused-ring (bicyclic) bond motifs is 5. The fraction of sp³-hybridized carbons (Fsp3) is 0.138. The highest BCUT2D eigenvalue weighted by Crippen LogP contribution is 2.41. The number of benzene rings is 8. The molecule has 0 aliphatic carbocycles. The number of hydrogen-bond donors (Lipinski definition) is 0. The summed E-state index contributed by atoms with van der Waals surface area (Å²) in [5.41, 5.74) is 16.8. The molecule has 0 aliphatic rings. The van der Waals surface area contributed by atoms with E-state index in [1.54, 1.807) is 0 Å². The molecular weight excluding hydrogens is 739 g/mol. The molecule has 3 heteroatoms. The summed E-state index contributed by atoms with van der Waals surface area (Å²) in [5.74, 6) is 0. The first-order chi connectivity index (χ1) is 29.5. The van der Waals surface area contributed by atoms with Crippen LogP contribution in [0, 0.1) is 0 Å². The molecule has 0 saturated heterocycles. The number of hydrogen-bond acceptors (Lipinski definition) is 1. The van der Waals surface area contributed by atoms with E-state index in [1.807, 2.05) is 0 Å². The highest BCUT2D eigenvalue weighted by Gasteiger charge is 2.21. The Bertz CT molecular complexity index is 3040. The Hall–Kier alpha value is -7.10. The molecule has 298 valence electrons. The average molecular weight is 790 g/mol. The Morgan fingerprint density at radius 2 is 0.852 bits per heavy atom. The number of rotatable bonds is 7. The molecule has 2 aromatic heterocycles. The van der Waals surface area contributed by atoms with Crippen LogP contribution in [0.3, 0.4) is 0 Å². The summed E-state index contributed by atoms with van der Waals surface area (Å²) in [7, 11) is 0. The maximum atomic E-state index is 2.46. The molecule has 0 N–H and O–H groups in total. The van der Waals surface area contributed by atoms with E-state index >= 15 is 0 Å². The zero-order chi connectivity index (χ0) is 41.9. The molecule has 8 aromatic carbocycles. The van der Waals surface area contributed by atoms with E-state index in [-0.39, 0.29) is 10.8 Å². The average Bonchev–Trinajstić information content (AvgIpc) is 3.87. The molecule has 2 heterocycles. The molecule has 0 saturated carbocycles. The summed E-state index contributed by atoms with van der Waals surface area (Å²) < 4.78 is 4.81. The first-order valence-corrected chi connectivity index (χ1v) is 21.4. The van der Waals surface area contributed by atoms with Gasteiger partial charge in [-0.05, 0) is 129 Å². The van der Waals surface area contributed by atoms with Crippen molar-refractivity contribution in [3.63, 3.8) is 0 Å². The minimum absolute atomic E-state index is 0.0748. The normalized spacial score (nSPS) is 12.1. The molecule has 0 aliphatic heterocycles. The van der Waals surface area contributed by atoms with Crippen molar-refractivity contribution < 1.29 is 0 Å². The van der Waals surface area contributed by atoms with Crippen LogP contribution in [0.1, 0.15) is 52.7 Å². The second-order valence-electron chi connectivity index (χ2n) is 18.4. The van der Waals surface area contributed by atoms with Crippen molar-refractivity contribution >= 4 is 49.8 Å². The third-order valence-corrected chi connectivity index (χ3v) is 12.3. The molecule has 0 spiro atoms. The van der Waals surface area contributed by atoms with Crippen LogP contribution in [0.5, 0.6) is 0 Å². The molecule has 0 bridgehead atoms. The highest BCUT2D eigenvalue weighted by atomic mass is 15.1. The SMILES string of the molecule is CC(C)(C)c1ccc(N(c2ccc(-n3c4ccccc4c4ccc5c(ccn5-c5cc(-c6ccccc6)cc(-c6ccccc6)c5)c43)cc2)c2ccc(C(C)(C)C)cc2)cc1. The summed E-state index contributed by atoms with van der Waals surface area (Å²) in [5, 5.41) is 3.70. The molecule has 10 aromatic rings. The van der Waals surface area contributed by atoms with Gasteiger partial charge in [0.25, 0.3) is 0 Å². The number of para-hydroxylation sites is 1. The van der Waals surface area contributed by atoms with Crippen molar-refractivity contribution in [1.29, 1.82) is 0 Å². The van der Waals surface area contributed by atoms with Crippen LogP contribution in [0.2, 0.25) is 0 Å². The molecule has 0 amide bonds. The van der Waals surface area contributed by atoms with Crippen molar-refractivity contribution in [3.8, 4) is 33.6 Å². The minimum Gasteiger partial charge on any atom is -0.316 e. The van der Waals surface area contributed by atoms with E-state index in [2.05, 4.69) is 256 Å². The van der Waals surface area contributed by atoms with Crippen LogP contribution >= 0.6 is 0 Å². The number of nitrogens with zero attached hydrogens (tertiary/aromatic N) is 3. The van der Waals surface area contributed by atoms with E-state index < -0.39 is 0 Å². The quantitative estimate of drug-likeness (QED) is 0.157. The van der Waals surface area contributed by atoms with Crippen LogP contribution in [0.25, 0.3) is 66.3 Å². The van der Waals surface area contributed by atoms with Gasteiger partial charge in [-0.3, -0.25) is 0 Å². The van der Waals surface area contributed by atoms with Gasteiger partial charge in [-0.2, -0.15) is 0 Å². The van der Waals surface area contributed by atoms with Crippen molar-refractivity contribution in [3.05, 3.63) is 211 Å². The van der Waals surface area contributed by atoms with Crippen LogP contribution in [0.15, 0.2) is 200 Å². The van der Waals surface area contributed by atoms with Crippen molar-refractivity contribution in [2.24, 2.45) is 0 Å². The lowest BCUT2D eigenvalue weighted by Crippen LogP contribution is -2.14. The molecule has 10 rings (SSSR count). The van der Waals surface area contributed by atoms with Gasteiger partial charge < -0.3 is 14.0 Å². The summed E-state index contributed by atoms with van der Waals surface area (Å²) in [6, 6.07) is 71.3. The third-order valence-electron chi connectivity index (χ3n) is 12.3. The van der Waals surface area contributed by atoms with E-state index in [9.17, 15) is 0 Å². The van der Waals surface area contributed by atoms with Crippen LogP contribution in [-0.2, 0) is 10.8 Å². The summed E-state index contributed by atoms with van der Waals surface area (Å²) in [6.45, 7) is 13.6. The zero-order valence-corrected chi connectivity index (χ0v) is 35.9. The Balaban J connectivity index is 1.12. The van der Waals surface area contributed by atoms with Crippen LogP contribution in [0.4, 0.5) is 17.1 Å². The topological polar surface area (TPSA) is 13.1 Å². The Kier molecular flexibility index (Phi) is 9.29. The predicted molar refractivity (Wildman–Crippen MR) is 261 cm³/mol. The fourth-order valence-corrected chi connectivity index (χ4v) is 8.93. The lowest BCUT2D eigenvalue weighted by Gasteiger charge is -2.28. The lowest BCUT2D eigenvalue weighted by atomic mass is 9.86. The van der Waals surface area contributed by atoms with Crippen molar-refractivity contribution in [1.82, 2.24) is 9.13 Å². The molecule has 3 nitrogen and oxygen atoms in total. The van der Waals surface area contributed by atoms with Gasteiger partial charge in [0.15, 0.2) is 0 Å². The van der Waals surface area contributed by atoms with Crippen LogP contribution in [-0.4, -0.2) is 9.13 Å². The molecule has 61 heavy (non-hydrogen) atoms. The summed E-state index contributed by atoms with van der Waals surface area (Å²) in [6.07, 6.45) is 2.24. The number of aromatic nitrogens is 2. The van der Waals surface area contributed by atoms with Gasteiger partial charge in [-0.25, -0.2) is 0 Å². The standard InChI is InChI=1S/C58H51N3/c1-57(2,3)44-21-25-46(26-22-44)60(47-27-23-45(24-28-47)58(4,5)6)48-29-31-49(32-30-48)61-55-20-14-13-19-51(55)52-33-34-54-53(56(52)61)35-36-59(54)50-38-42(40-15-9-7-10-16-40)37-43(39-50)41-17-11-8-12-18-41/h7-39H,1-6H3. The van der Waals surface area contributed by atoms with Gasteiger partial charge >= 0.3 is 0 Å². The highest BCUT2D eigenvalue weighted by molar-refractivity contribution is 6.18. The number of anilines is 3. The van der Waals surface area contributed by atoms with Gasteiger partial charge in [0.05, 0.1) is 16.6 Å². The lowest BCUT2D eigenvalue weighted by molar-refractivity contribution is 0.590. The van der Waals surface area contributed by atoms with Crippen molar-refractivity contribution in [2.45, 2.75) is 52.4 Å². The first-order valence-electron chi connectivity index (χ1n) is 21.4. The van der Waals surface area contributed by atoms with Crippen molar-refractivity contribution in [2.75, 3.05) is 4.90 Å². The second kappa shape index (κ2) is 14.9. The van der Waals surface area contributed by atoms with E-state index in [4.69, 9.17) is 0 Å². The monoisotopic (exact) mass is 789 g/mol. The summed E-state index contributed by atoms with van der Waals surface area (Å²) >= 11 is 0. The minimum atomic E-state index is 0.0748. The molecule has 0 atom stereocenters. The first kappa shape index (κ1) is 38.1. The van der Waals surface area contributed by atoms with E-state index in [0.29, 0.717) is 0 Å². The second-order valence-corrected chi connectivity index (χ2v) is 18.4. The maximum Gasteiger partial charge on any atom is 0.0635 e. The fourth-order valence-electron chi connectivity index (χ4n) is 8.93. The van der Waals surface area contributed by atoms with E-state index in [1.165, 1.54) is 66.1 Å². The van der Waals surface area contributed by atoms with E-state index in [0.717, 1.165) is 28.4 Å².